The van der Waals surface area contributed by atoms with Crippen LogP contribution in [0.5, 0.6) is 0 Å². The second-order valence-corrected chi connectivity index (χ2v) is 10.6. The van der Waals surface area contributed by atoms with E-state index in [2.05, 4.69) is 41.0 Å². The Morgan fingerprint density at radius 2 is 2.10 bits per heavy atom. The molecule has 2 unspecified atom stereocenters. The number of aliphatic hydroxyl groups excluding tert-OH is 1. The normalized spacial score (nSPS) is 16.6. The molecule has 4 aromatic rings. The van der Waals surface area contributed by atoms with E-state index in [9.17, 15) is 9.90 Å². The van der Waals surface area contributed by atoms with Crippen LogP contribution in [-0.4, -0.2) is 93.6 Å². The Morgan fingerprint density at radius 1 is 1.26 bits per heavy atom. The first-order valence-corrected chi connectivity index (χ1v) is 14.3. The van der Waals surface area contributed by atoms with Crippen LogP contribution in [0, 0.1) is 0 Å². The summed E-state index contributed by atoms with van der Waals surface area (Å²) in [6.45, 7) is 10.3. The highest BCUT2D eigenvalue weighted by Crippen LogP contribution is 2.29. The topological polar surface area (TPSA) is 108 Å². The van der Waals surface area contributed by atoms with Gasteiger partial charge in [0.05, 0.1) is 47.3 Å². The molecule has 5 rings (SSSR count). The SMILES string of the molecule is CCN(CC)C(C)CNC(=O)c1cc(-c2cnn3ccc(-c4cccs4)nc23)nc(N2CCOC(CO)C2)c1. The van der Waals surface area contributed by atoms with Crippen molar-refractivity contribution in [1.29, 1.82) is 0 Å². The third kappa shape index (κ3) is 5.96. The zero-order valence-corrected chi connectivity index (χ0v) is 23.4. The molecule has 0 spiro atoms. The first-order valence-electron chi connectivity index (χ1n) is 13.4. The minimum absolute atomic E-state index is 0.0732. The fraction of sp³-hybridized carbons (Fsp3) is 0.429. The minimum atomic E-state index is -0.302. The van der Waals surface area contributed by atoms with Crippen molar-refractivity contribution in [2.45, 2.75) is 32.9 Å². The number of nitrogens with one attached hydrogen (secondary N) is 1. The Kier molecular flexibility index (Phi) is 8.51. The highest BCUT2D eigenvalue weighted by molar-refractivity contribution is 7.13. The molecular formula is C28H35N7O3S. The maximum absolute atomic E-state index is 13.4. The van der Waals surface area contributed by atoms with E-state index in [1.54, 1.807) is 28.1 Å². The van der Waals surface area contributed by atoms with E-state index in [0.29, 0.717) is 49.0 Å². The van der Waals surface area contributed by atoms with Gasteiger partial charge in [-0.15, -0.1) is 11.3 Å². The average molecular weight is 550 g/mol. The zero-order chi connectivity index (χ0) is 27.4. The van der Waals surface area contributed by atoms with Crippen LogP contribution in [0.15, 0.2) is 48.1 Å². The van der Waals surface area contributed by atoms with Crippen molar-refractivity contribution < 1.29 is 14.6 Å². The van der Waals surface area contributed by atoms with Crippen molar-refractivity contribution in [1.82, 2.24) is 29.8 Å². The monoisotopic (exact) mass is 549 g/mol. The number of hydrogen-bond donors (Lipinski definition) is 2. The fourth-order valence-electron chi connectivity index (χ4n) is 4.91. The van der Waals surface area contributed by atoms with Crippen LogP contribution in [0.3, 0.4) is 0 Å². The van der Waals surface area contributed by atoms with Gasteiger partial charge in [0.2, 0.25) is 0 Å². The number of pyridine rings is 1. The van der Waals surface area contributed by atoms with Crippen LogP contribution < -0.4 is 10.2 Å². The van der Waals surface area contributed by atoms with Crippen molar-refractivity contribution in [2.75, 3.05) is 50.8 Å². The fourth-order valence-corrected chi connectivity index (χ4v) is 5.61. The Hall–Kier alpha value is -3.38. The number of carbonyl (C=O) groups excluding carboxylic acids is 1. The molecule has 0 aliphatic carbocycles. The summed E-state index contributed by atoms with van der Waals surface area (Å²) in [6.07, 6.45) is 3.33. The first kappa shape index (κ1) is 27.2. The number of morpholine rings is 1. The summed E-state index contributed by atoms with van der Waals surface area (Å²) >= 11 is 1.63. The molecule has 2 N–H and O–H groups in total. The van der Waals surface area contributed by atoms with Crippen LogP contribution in [0.4, 0.5) is 5.82 Å². The van der Waals surface area contributed by atoms with E-state index >= 15 is 0 Å². The zero-order valence-electron chi connectivity index (χ0n) is 22.6. The molecule has 0 saturated carbocycles. The van der Waals surface area contributed by atoms with Crippen LogP contribution in [0.1, 0.15) is 31.1 Å². The number of rotatable bonds is 10. The summed E-state index contributed by atoms with van der Waals surface area (Å²) in [6, 6.07) is 9.82. The number of anilines is 1. The van der Waals surface area contributed by atoms with Crippen LogP contribution in [0.2, 0.25) is 0 Å². The molecule has 0 aromatic carbocycles. The Balaban J connectivity index is 1.52. The van der Waals surface area contributed by atoms with Crippen molar-refractivity contribution in [3.05, 3.63) is 53.7 Å². The molecule has 2 atom stereocenters. The van der Waals surface area contributed by atoms with Gasteiger partial charge >= 0.3 is 0 Å². The second kappa shape index (κ2) is 12.2. The second-order valence-electron chi connectivity index (χ2n) is 9.62. The number of aliphatic hydroxyl groups is 1. The molecule has 1 saturated heterocycles. The smallest absolute Gasteiger partial charge is 0.251 e. The van der Waals surface area contributed by atoms with Gasteiger partial charge < -0.3 is 20.1 Å². The highest BCUT2D eigenvalue weighted by Gasteiger charge is 2.24. The summed E-state index contributed by atoms with van der Waals surface area (Å²) in [5.74, 6) is 0.500. The lowest BCUT2D eigenvalue weighted by Crippen LogP contribution is -2.44. The van der Waals surface area contributed by atoms with E-state index in [0.717, 1.165) is 29.2 Å². The number of thiophene rings is 1. The van der Waals surface area contributed by atoms with Gasteiger partial charge in [-0.25, -0.2) is 14.5 Å². The summed E-state index contributed by atoms with van der Waals surface area (Å²) in [5.41, 5.74) is 3.41. The predicted octanol–water partition coefficient (Wildman–Crippen LogP) is 3.18. The number of nitrogens with zero attached hydrogens (tertiary/aromatic N) is 6. The number of fused-ring (bicyclic) bond motifs is 1. The Morgan fingerprint density at radius 3 is 2.85 bits per heavy atom. The van der Waals surface area contributed by atoms with Gasteiger partial charge in [0, 0.05) is 37.4 Å². The standard InChI is InChI=1S/C28H35N7O3S/c1-4-33(5-2)19(3)15-29-28(37)20-13-24(31-26(14-20)34-10-11-38-21(17-34)18-36)22-16-30-35-9-8-23(32-27(22)35)25-7-6-12-39-25/h6-9,12-14,16,19,21,36H,4-5,10-11,15,17-18H2,1-3H3,(H,29,37). The van der Waals surface area contributed by atoms with Crippen LogP contribution in [-0.2, 0) is 4.74 Å². The molecule has 5 heterocycles. The third-order valence-electron chi connectivity index (χ3n) is 7.15. The molecule has 1 fully saturated rings. The number of hydrogen-bond acceptors (Lipinski definition) is 9. The maximum Gasteiger partial charge on any atom is 0.251 e. The van der Waals surface area contributed by atoms with Crippen LogP contribution in [0.25, 0.3) is 27.5 Å². The first-order chi connectivity index (χ1) is 19.0. The molecule has 206 valence electrons. The number of amides is 1. The summed E-state index contributed by atoms with van der Waals surface area (Å²) in [5, 5.41) is 19.3. The largest absolute Gasteiger partial charge is 0.394 e. The number of carbonyl (C=O) groups is 1. The summed E-state index contributed by atoms with van der Waals surface area (Å²) in [7, 11) is 0. The molecule has 0 bridgehead atoms. The summed E-state index contributed by atoms with van der Waals surface area (Å²) < 4.78 is 7.37. The van der Waals surface area contributed by atoms with Gasteiger partial charge in [-0.3, -0.25) is 9.69 Å². The van der Waals surface area contributed by atoms with E-state index in [1.165, 1.54) is 0 Å². The highest BCUT2D eigenvalue weighted by atomic mass is 32.1. The number of ether oxygens (including phenoxy) is 1. The molecule has 11 heteroatoms. The van der Waals surface area contributed by atoms with Gasteiger partial charge in [-0.05, 0) is 49.7 Å². The Labute approximate surface area is 232 Å². The van der Waals surface area contributed by atoms with Crippen molar-refractivity contribution >= 4 is 28.7 Å². The van der Waals surface area contributed by atoms with Gasteiger partial charge in [0.25, 0.3) is 5.91 Å². The molecule has 0 radical (unpaired) electrons. The van der Waals surface area contributed by atoms with Gasteiger partial charge in [0.15, 0.2) is 5.65 Å². The van der Waals surface area contributed by atoms with Gasteiger partial charge in [-0.2, -0.15) is 5.10 Å². The van der Waals surface area contributed by atoms with E-state index in [1.807, 2.05) is 35.8 Å². The maximum atomic E-state index is 13.4. The Bertz CT molecular complexity index is 1400. The predicted molar refractivity (Wildman–Crippen MR) is 153 cm³/mol. The third-order valence-corrected chi connectivity index (χ3v) is 8.05. The molecule has 39 heavy (non-hydrogen) atoms. The lowest BCUT2D eigenvalue weighted by atomic mass is 10.1. The molecule has 1 aliphatic heterocycles. The molecule has 4 aromatic heterocycles. The van der Waals surface area contributed by atoms with Crippen molar-refractivity contribution in [3.8, 4) is 21.8 Å². The molecule has 1 aliphatic rings. The number of aromatic nitrogens is 4. The molecule has 1 amide bonds. The van der Waals surface area contributed by atoms with Crippen molar-refractivity contribution in [2.24, 2.45) is 0 Å². The lowest BCUT2D eigenvalue weighted by Gasteiger charge is -2.33. The van der Waals surface area contributed by atoms with Gasteiger partial charge in [-0.1, -0.05) is 19.9 Å². The summed E-state index contributed by atoms with van der Waals surface area (Å²) in [4.78, 5) is 28.7. The minimum Gasteiger partial charge on any atom is -0.394 e. The van der Waals surface area contributed by atoms with E-state index in [-0.39, 0.29) is 24.7 Å². The quantitative estimate of drug-likeness (QED) is 0.311. The van der Waals surface area contributed by atoms with E-state index < -0.39 is 0 Å². The van der Waals surface area contributed by atoms with Crippen LogP contribution >= 0.6 is 11.3 Å². The lowest BCUT2D eigenvalue weighted by molar-refractivity contribution is 0.00336. The molecular weight excluding hydrogens is 514 g/mol. The van der Waals surface area contributed by atoms with E-state index in [4.69, 9.17) is 14.7 Å². The molecule has 10 nitrogen and oxygen atoms in total. The van der Waals surface area contributed by atoms with Gasteiger partial charge in [0.1, 0.15) is 5.82 Å². The average Bonchev–Trinajstić information content (AvgIpc) is 3.66. The number of likely N-dealkylation sites (N-methyl/N-ethyl adjacent to an activating group) is 1. The van der Waals surface area contributed by atoms with Crippen molar-refractivity contribution in [3.63, 3.8) is 0 Å².